The second kappa shape index (κ2) is 10.8. The van der Waals surface area contributed by atoms with Crippen LogP contribution in [-0.4, -0.2) is 19.5 Å². The zero-order valence-electron chi connectivity index (χ0n) is 13.5. The Balaban J connectivity index is 0.00000264. The van der Waals surface area contributed by atoms with Crippen molar-refractivity contribution in [3.63, 3.8) is 0 Å². The van der Waals surface area contributed by atoms with Gasteiger partial charge in [-0.1, -0.05) is 60.7 Å². The summed E-state index contributed by atoms with van der Waals surface area (Å²) in [5.41, 5.74) is 2.38. The van der Waals surface area contributed by atoms with Gasteiger partial charge in [-0.2, -0.15) is 0 Å². The maximum absolute atomic E-state index is 12.2. The van der Waals surface area contributed by atoms with Crippen LogP contribution in [0.15, 0.2) is 60.7 Å². The first kappa shape index (κ1) is 19.2. The minimum absolute atomic E-state index is 0. The average Bonchev–Trinajstić information content (AvgIpc) is 2.56. The lowest BCUT2D eigenvalue weighted by Gasteiger charge is -2.19. The molecule has 0 saturated heterocycles. The van der Waals surface area contributed by atoms with E-state index < -0.39 is 0 Å². The zero-order valence-corrected chi connectivity index (χ0v) is 14.3. The van der Waals surface area contributed by atoms with Gasteiger partial charge in [0.2, 0.25) is 5.91 Å². The molecule has 0 spiro atoms. The van der Waals surface area contributed by atoms with E-state index in [1.54, 1.807) is 0 Å². The second-order valence-electron chi connectivity index (χ2n) is 5.43. The highest BCUT2D eigenvalue weighted by molar-refractivity contribution is 5.85. The molecule has 1 amide bonds. The standard InChI is InChI=1S/C19H24N2O.ClH/c1-20-14-8-13-19(22)21-18(17-11-6-3-7-12-17)15-16-9-4-2-5-10-16;/h2-7,9-12,18,20H,8,13-15H2,1H3,(H,21,22);1H. The molecule has 1 unspecified atom stereocenters. The quantitative estimate of drug-likeness (QED) is 0.726. The molecule has 4 heteroatoms. The van der Waals surface area contributed by atoms with Gasteiger partial charge in [0.25, 0.3) is 0 Å². The fourth-order valence-electron chi connectivity index (χ4n) is 2.48. The Morgan fingerprint density at radius 3 is 2.22 bits per heavy atom. The van der Waals surface area contributed by atoms with Crippen LogP contribution >= 0.6 is 12.4 Å². The highest BCUT2D eigenvalue weighted by Gasteiger charge is 2.14. The second-order valence-corrected chi connectivity index (χ2v) is 5.43. The molecule has 0 saturated carbocycles. The Morgan fingerprint density at radius 2 is 1.61 bits per heavy atom. The number of hydrogen-bond acceptors (Lipinski definition) is 2. The molecule has 0 aliphatic heterocycles. The van der Waals surface area contributed by atoms with Crippen molar-refractivity contribution < 1.29 is 4.79 Å². The van der Waals surface area contributed by atoms with Crippen LogP contribution in [0.25, 0.3) is 0 Å². The molecule has 0 aliphatic carbocycles. The van der Waals surface area contributed by atoms with Crippen LogP contribution in [0.2, 0.25) is 0 Å². The summed E-state index contributed by atoms with van der Waals surface area (Å²) in [7, 11) is 1.90. The molecule has 2 aromatic rings. The van der Waals surface area contributed by atoms with E-state index in [1.165, 1.54) is 5.56 Å². The molecule has 0 aromatic heterocycles. The van der Waals surface area contributed by atoms with Crippen LogP contribution in [0.1, 0.15) is 30.0 Å². The van der Waals surface area contributed by atoms with Gasteiger partial charge in [0, 0.05) is 6.42 Å². The lowest BCUT2D eigenvalue weighted by molar-refractivity contribution is -0.121. The van der Waals surface area contributed by atoms with Gasteiger partial charge >= 0.3 is 0 Å². The van der Waals surface area contributed by atoms with Gasteiger partial charge in [-0.25, -0.2) is 0 Å². The zero-order chi connectivity index (χ0) is 15.6. The molecule has 2 aromatic carbocycles. The lowest BCUT2D eigenvalue weighted by Crippen LogP contribution is -2.30. The van der Waals surface area contributed by atoms with Crippen molar-refractivity contribution in [1.29, 1.82) is 0 Å². The van der Waals surface area contributed by atoms with E-state index in [0.717, 1.165) is 24.9 Å². The van der Waals surface area contributed by atoms with Crippen molar-refractivity contribution in [3.8, 4) is 0 Å². The van der Waals surface area contributed by atoms with Gasteiger partial charge in [0.1, 0.15) is 0 Å². The summed E-state index contributed by atoms with van der Waals surface area (Å²) < 4.78 is 0. The fourth-order valence-corrected chi connectivity index (χ4v) is 2.48. The molecule has 0 bridgehead atoms. The molecular formula is C19H25ClN2O. The number of hydrogen-bond donors (Lipinski definition) is 2. The van der Waals surface area contributed by atoms with Gasteiger partial charge in [0.15, 0.2) is 0 Å². The van der Waals surface area contributed by atoms with E-state index in [1.807, 2.05) is 43.4 Å². The molecule has 2 rings (SSSR count). The number of carbonyl (C=O) groups excluding carboxylic acids is 1. The van der Waals surface area contributed by atoms with Crippen molar-refractivity contribution in [2.45, 2.75) is 25.3 Å². The molecule has 124 valence electrons. The molecule has 3 nitrogen and oxygen atoms in total. The molecule has 1 atom stereocenters. The van der Waals surface area contributed by atoms with E-state index in [4.69, 9.17) is 0 Å². The Bertz CT molecular complexity index is 560. The molecule has 0 fully saturated rings. The summed E-state index contributed by atoms with van der Waals surface area (Å²) in [5, 5.41) is 6.24. The molecular weight excluding hydrogens is 308 g/mol. The normalized spacial score (nSPS) is 11.3. The number of rotatable bonds is 8. The fraction of sp³-hybridized carbons (Fsp3) is 0.316. The van der Waals surface area contributed by atoms with Crippen molar-refractivity contribution in [1.82, 2.24) is 10.6 Å². The summed E-state index contributed by atoms with van der Waals surface area (Å²) in [4.78, 5) is 12.2. The molecule has 0 aliphatic rings. The van der Waals surface area contributed by atoms with E-state index in [0.29, 0.717) is 6.42 Å². The van der Waals surface area contributed by atoms with Gasteiger partial charge in [-0.05, 0) is 37.6 Å². The van der Waals surface area contributed by atoms with Gasteiger partial charge in [0.05, 0.1) is 6.04 Å². The van der Waals surface area contributed by atoms with Crippen LogP contribution in [0, 0.1) is 0 Å². The van der Waals surface area contributed by atoms with E-state index >= 15 is 0 Å². The summed E-state index contributed by atoms with van der Waals surface area (Å²) in [6, 6.07) is 20.5. The summed E-state index contributed by atoms with van der Waals surface area (Å²) in [5.74, 6) is 0.111. The third-order valence-corrected chi connectivity index (χ3v) is 3.65. The maximum atomic E-state index is 12.2. The number of amides is 1. The van der Waals surface area contributed by atoms with Crippen LogP contribution in [0.3, 0.4) is 0 Å². The molecule has 0 radical (unpaired) electrons. The predicted octanol–water partition coefficient (Wildman–Crippen LogP) is 3.51. The van der Waals surface area contributed by atoms with Crippen molar-refractivity contribution >= 4 is 18.3 Å². The highest BCUT2D eigenvalue weighted by atomic mass is 35.5. The molecule has 2 N–H and O–H groups in total. The third-order valence-electron chi connectivity index (χ3n) is 3.65. The SMILES string of the molecule is CNCCCC(=O)NC(Cc1ccccc1)c1ccccc1.Cl. The number of carbonyl (C=O) groups is 1. The predicted molar refractivity (Wildman–Crippen MR) is 97.9 cm³/mol. The van der Waals surface area contributed by atoms with Gasteiger partial charge in [-0.3, -0.25) is 4.79 Å². The number of benzene rings is 2. The first-order valence-electron chi connectivity index (χ1n) is 7.82. The summed E-state index contributed by atoms with van der Waals surface area (Å²) in [6.07, 6.45) is 2.22. The Labute approximate surface area is 144 Å². The van der Waals surface area contributed by atoms with E-state index in [2.05, 4.69) is 34.9 Å². The average molecular weight is 333 g/mol. The third kappa shape index (κ3) is 6.85. The van der Waals surface area contributed by atoms with E-state index in [-0.39, 0.29) is 24.4 Å². The van der Waals surface area contributed by atoms with Crippen LogP contribution < -0.4 is 10.6 Å². The monoisotopic (exact) mass is 332 g/mol. The van der Waals surface area contributed by atoms with Gasteiger partial charge in [-0.15, -0.1) is 12.4 Å². The van der Waals surface area contributed by atoms with Crippen LogP contribution in [0.4, 0.5) is 0 Å². The summed E-state index contributed by atoms with van der Waals surface area (Å²) >= 11 is 0. The highest BCUT2D eigenvalue weighted by Crippen LogP contribution is 2.18. The number of nitrogens with one attached hydrogen (secondary N) is 2. The molecule has 23 heavy (non-hydrogen) atoms. The van der Waals surface area contributed by atoms with Crippen LogP contribution in [-0.2, 0) is 11.2 Å². The molecule has 0 heterocycles. The van der Waals surface area contributed by atoms with Crippen molar-refractivity contribution in [2.24, 2.45) is 0 Å². The van der Waals surface area contributed by atoms with Gasteiger partial charge < -0.3 is 10.6 Å². The number of halogens is 1. The smallest absolute Gasteiger partial charge is 0.220 e. The maximum Gasteiger partial charge on any atom is 0.220 e. The summed E-state index contributed by atoms with van der Waals surface area (Å²) in [6.45, 7) is 0.863. The topological polar surface area (TPSA) is 41.1 Å². The van der Waals surface area contributed by atoms with E-state index in [9.17, 15) is 4.79 Å². The van der Waals surface area contributed by atoms with Crippen molar-refractivity contribution in [3.05, 3.63) is 71.8 Å². The Hall–Kier alpha value is -1.84. The Kier molecular flexibility index (Phi) is 9.03. The van der Waals surface area contributed by atoms with Crippen LogP contribution in [0.5, 0.6) is 0 Å². The minimum atomic E-state index is 0. The minimum Gasteiger partial charge on any atom is -0.349 e. The first-order valence-corrected chi connectivity index (χ1v) is 7.82. The lowest BCUT2D eigenvalue weighted by atomic mass is 9.98. The van der Waals surface area contributed by atoms with Crippen molar-refractivity contribution in [2.75, 3.05) is 13.6 Å². The first-order chi connectivity index (χ1) is 10.8. The Morgan fingerprint density at radius 1 is 1.00 bits per heavy atom. The largest absolute Gasteiger partial charge is 0.349 e.